The van der Waals surface area contributed by atoms with Crippen molar-refractivity contribution in [2.24, 2.45) is 5.41 Å². The van der Waals surface area contributed by atoms with Crippen molar-refractivity contribution in [3.8, 4) is 12.1 Å². The van der Waals surface area contributed by atoms with E-state index in [2.05, 4.69) is 45.1 Å². The van der Waals surface area contributed by atoms with E-state index in [4.69, 9.17) is 0 Å². The van der Waals surface area contributed by atoms with Gasteiger partial charge in [0, 0.05) is 5.92 Å². The van der Waals surface area contributed by atoms with Gasteiger partial charge >= 0.3 is 0 Å². The van der Waals surface area contributed by atoms with Crippen molar-refractivity contribution in [2.75, 3.05) is 0 Å². The molecular formula is C22H28N2. The molecule has 126 valence electrons. The summed E-state index contributed by atoms with van der Waals surface area (Å²) in [5, 5.41) is 19.1. The van der Waals surface area contributed by atoms with Gasteiger partial charge in [0.25, 0.3) is 0 Å². The lowest BCUT2D eigenvalue weighted by atomic mass is 9.73. The molecule has 1 aromatic rings. The fourth-order valence-corrected chi connectivity index (χ4v) is 2.83. The van der Waals surface area contributed by atoms with Crippen LogP contribution < -0.4 is 0 Å². The second-order valence-electron chi connectivity index (χ2n) is 6.66. The molecule has 1 rings (SSSR count). The fourth-order valence-electron chi connectivity index (χ4n) is 2.83. The first-order chi connectivity index (χ1) is 11.5. The van der Waals surface area contributed by atoms with Crippen LogP contribution >= 0.6 is 0 Å². The van der Waals surface area contributed by atoms with Crippen molar-refractivity contribution in [1.82, 2.24) is 0 Å². The zero-order valence-electron chi connectivity index (χ0n) is 15.3. The van der Waals surface area contributed by atoms with Crippen LogP contribution in [0.25, 0.3) is 0 Å². The predicted molar refractivity (Wildman–Crippen MR) is 100 cm³/mol. The van der Waals surface area contributed by atoms with Crippen molar-refractivity contribution in [3.05, 3.63) is 59.2 Å². The van der Waals surface area contributed by atoms with Crippen LogP contribution in [0.1, 0.15) is 64.9 Å². The summed E-state index contributed by atoms with van der Waals surface area (Å²) in [6, 6.07) is 14.4. The predicted octanol–water partition coefficient (Wildman–Crippen LogP) is 6.30. The summed E-state index contributed by atoms with van der Waals surface area (Å²) >= 11 is 0. The van der Waals surface area contributed by atoms with E-state index in [1.807, 2.05) is 30.3 Å². The molecule has 0 aliphatic carbocycles. The summed E-state index contributed by atoms with van der Waals surface area (Å²) in [5.74, 6) is -0.112. The molecule has 1 atom stereocenters. The smallest absolute Gasteiger partial charge is 0.148 e. The number of rotatable bonds is 8. The summed E-state index contributed by atoms with van der Waals surface area (Å²) in [6.07, 6.45) is 8.31. The number of allylic oxidation sites excluding steroid dienone is 4. The third-order valence-electron chi connectivity index (χ3n) is 4.48. The van der Waals surface area contributed by atoms with E-state index >= 15 is 0 Å². The number of hydrogen-bond acceptors (Lipinski definition) is 2. The van der Waals surface area contributed by atoms with E-state index in [9.17, 15) is 10.5 Å². The van der Waals surface area contributed by atoms with Gasteiger partial charge in [-0.3, -0.25) is 0 Å². The maximum Gasteiger partial charge on any atom is 0.148 e. The lowest BCUT2D eigenvalue weighted by molar-refractivity contribution is 0.450. The van der Waals surface area contributed by atoms with Crippen LogP contribution in [0.2, 0.25) is 0 Å². The molecule has 0 heterocycles. The summed E-state index contributed by atoms with van der Waals surface area (Å²) in [7, 11) is 0. The molecule has 2 heteroatoms. The molecule has 0 aliphatic rings. The Kier molecular flexibility index (Phi) is 8.00. The van der Waals surface area contributed by atoms with Crippen LogP contribution in [-0.4, -0.2) is 0 Å². The molecule has 0 saturated carbocycles. The van der Waals surface area contributed by atoms with Crippen LogP contribution in [0.3, 0.4) is 0 Å². The van der Waals surface area contributed by atoms with Gasteiger partial charge in [0.2, 0.25) is 0 Å². The van der Waals surface area contributed by atoms with Crippen LogP contribution in [0.4, 0.5) is 0 Å². The minimum absolute atomic E-state index is 0.112. The molecular weight excluding hydrogens is 292 g/mol. The summed E-state index contributed by atoms with van der Waals surface area (Å²) in [6.45, 7) is 8.14. The Hall–Kier alpha value is -2.32. The maximum absolute atomic E-state index is 9.54. The first kappa shape index (κ1) is 19.7. The Morgan fingerprint density at radius 1 is 1.12 bits per heavy atom. The zero-order valence-corrected chi connectivity index (χ0v) is 15.3. The van der Waals surface area contributed by atoms with Gasteiger partial charge in [0.1, 0.15) is 5.41 Å². The fraction of sp³-hybridized carbons (Fsp3) is 0.455. The summed E-state index contributed by atoms with van der Waals surface area (Å²) < 4.78 is 0. The Balaban J connectivity index is 3.01. The average molecular weight is 320 g/mol. The van der Waals surface area contributed by atoms with Gasteiger partial charge in [-0.1, -0.05) is 60.6 Å². The lowest BCUT2D eigenvalue weighted by Crippen LogP contribution is -2.22. The van der Waals surface area contributed by atoms with E-state index in [1.54, 1.807) is 6.92 Å². The van der Waals surface area contributed by atoms with E-state index in [0.717, 1.165) is 31.2 Å². The molecule has 0 aliphatic heterocycles. The van der Waals surface area contributed by atoms with Gasteiger partial charge in [-0.05, 0) is 52.0 Å². The minimum Gasteiger partial charge on any atom is -0.197 e. The van der Waals surface area contributed by atoms with Crippen LogP contribution in [0.5, 0.6) is 0 Å². The second-order valence-corrected chi connectivity index (χ2v) is 6.66. The van der Waals surface area contributed by atoms with Crippen molar-refractivity contribution in [2.45, 2.75) is 59.3 Å². The Bertz CT molecular complexity index is 635. The average Bonchev–Trinajstić information content (AvgIpc) is 2.60. The Labute approximate surface area is 147 Å². The molecule has 2 nitrogen and oxygen atoms in total. The maximum atomic E-state index is 9.54. The van der Waals surface area contributed by atoms with Gasteiger partial charge < -0.3 is 0 Å². The molecule has 0 N–H and O–H groups in total. The van der Waals surface area contributed by atoms with Crippen molar-refractivity contribution in [3.63, 3.8) is 0 Å². The normalized spacial score (nSPS) is 12.8. The quantitative estimate of drug-likeness (QED) is 0.528. The molecule has 0 bridgehead atoms. The highest BCUT2D eigenvalue weighted by atomic mass is 14.4. The van der Waals surface area contributed by atoms with E-state index in [1.165, 1.54) is 11.1 Å². The third kappa shape index (κ3) is 5.71. The highest BCUT2D eigenvalue weighted by Crippen LogP contribution is 2.38. The topological polar surface area (TPSA) is 47.6 Å². The van der Waals surface area contributed by atoms with Crippen LogP contribution in [0, 0.1) is 28.1 Å². The van der Waals surface area contributed by atoms with E-state index in [0.29, 0.717) is 0 Å². The molecule has 0 aromatic heterocycles. The number of benzene rings is 1. The van der Waals surface area contributed by atoms with Gasteiger partial charge in [0.05, 0.1) is 12.1 Å². The minimum atomic E-state index is -1.02. The molecule has 1 aromatic carbocycles. The zero-order chi connectivity index (χ0) is 18.0. The van der Waals surface area contributed by atoms with Gasteiger partial charge in [0.15, 0.2) is 0 Å². The standard InChI is InChI=1S/C22H28N2/c1-5-19(11-9-10-18(2)3)14-15-21(22(4,16-23)17-24)20-12-7-6-8-13-20/h6-8,10,12-14,21H,5,9,11,15H2,1-4H3. The summed E-state index contributed by atoms with van der Waals surface area (Å²) in [5.41, 5.74) is 2.77. The van der Waals surface area contributed by atoms with Gasteiger partial charge in [-0.25, -0.2) is 0 Å². The van der Waals surface area contributed by atoms with Crippen molar-refractivity contribution in [1.29, 1.82) is 10.5 Å². The molecule has 24 heavy (non-hydrogen) atoms. The third-order valence-corrected chi connectivity index (χ3v) is 4.48. The van der Waals surface area contributed by atoms with Crippen LogP contribution in [0.15, 0.2) is 53.6 Å². The Morgan fingerprint density at radius 2 is 1.75 bits per heavy atom. The SMILES string of the molecule is CCC(=CCC(c1ccccc1)C(C)(C#N)C#N)CCC=C(C)C. The van der Waals surface area contributed by atoms with Gasteiger partial charge in [-0.15, -0.1) is 0 Å². The summed E-state index contributed by atoms with van der Waals surface area (Å²) in [4.78, 5) is 0. The lowest BCUT2D eigenvalue weighted by Gasteiger charge is -2.25. The first-order valence-electron chi connectivity index (χ1n) is 8.65. The molecule has 0 radical (unpaired) electrons. The van der Waals surface area contributed by atoms with Crippen molar-refractivity contribution >= 4 is 0 Å². The molecule has 0 fully saturated rings. The highest BCUT2D eigenvalue weighted by Gasteiger charge is 2.35. The monoisotopic (exact) mass is 320 g/mol. The van der Waals surface area contributed by atoms with E-state index in [-0.39, 0.29) is 5.92 Å². The molecule has 1 unspecified atom stereocenters. The number of nitrogens with zero attached hydrogens (tertiary/aromatic N) is 2. The number of nitriles is 2. The largest absolute Gasteiger partial charge is 0.197 e. The number of hydrogen-bond donors (Lipinski definition) is 0. The highest BCUT2D eigenvalue weighted by molar-refractivity contribution is 5.30. The van der Waals surface area contributed by atoms with Crippen molar-refractivity contribution < 1.29 is 0 Å². The van der Waals surface area contributed by atoms with Gasteiger partial charge in [-0.2, -0.15) is 10.5 Å². The Morgan fingerprint density at radius 3 is 2.25 bits per heavy atom. The molecule has 0 spiro atoms. The second kappa shape index (κ2) is 9.74. The van der Waals surface area contributed by atoms with E-state index < -0.39 is 5.41 Å². The van der Waals surface area contributed by atoms with Crippen LogP contribution in [-0.2, 0) is 0 Å². The molecule has 0 saturated heterocycles. The molecule has 0 amide bonds. The first-order valence-corrected chi connectivity index (χ1v) is 8.65.